The molecule has 0 saturated carbocycles. The number of hydrogen-bond donors (Lipinski definition) is 0. The Labute approximate surface area is 104 Å². The van der Waals surface area contributed by atoms with Gasteiger partial charge in [-0.1, -0.05) is 0 Å². The van der Waals surface area contributed by atoms with Crippen LogP contribution in [0.2, 0.25) is 5.28 Å². The van der Waals surface area contributed by atoms with E-state index in [9.17, 15) is 0 Å². The van der Waals surface area contributed by atoms with Crippen LogP contribution in [0.4, 0.5) is 11.9 Å². The molecule has 1 fully saturated rings. The molecule has 88 valence electrons. The number of aromatic nitrogens is 3. The van der Waals surface area contributed by atoms with Crippen molar-refractivity contribution in [1.29, 1.82) is 0 Å². The van der Waals surface area contributed by atoms with E-state index in [2.05, 4.69) is 19.9 Å². The number of nitrogens with zero attached hydrogens (tertiary/aromatic N) is 5. The van der Waals surface area contributed by atoms with Gasteiger partial charge in [0.15, 0.2) is 0 Å². The van der Waals surface area contributed by atoms with Crippen LogP contribution in [0.3, 0.4) is 0 Å². The summed E-state index contributed by atoms with van der Waals surface area (Å²) in [5.41, 5.74) is 0. The molecule has 0 aliphatic carbocycles. The van der Waals surface area contributed by atoms with E-state index >= 15 is 0 Å². The Balaban J connectivity index is 2.25. The Morgan fingerprint density at radius 2 is 1.88 bits per heavy atom. The second kappa shape index (κ2) is 5.05. The molecule has 0 N–H and O–H groups in total. The van der Waals surface area contributed by atoms with Crippen LogP contribution in [0.15, 0.2) is 0 Å². The highest BCUT2D eigenvalue weighted by Crippen LogP contribution is 2.18. The van der Waals surface area contributed by atoms with Crippen molar-refractivity contribution in [1.82, 2.24) is 15.0 Å². The van der Waals surface area contributed by atoms with Gasteiger partial charge in [0, 0.05) is 38.7 Å². The minimum Gasteiger partial charge on any atom is -0.347 e. The molecule has 0 aromatic carbocycles. The predicted octanol–water partition coefficient (Wildman–Crippen LogP) is 1.14. The van der Waals surface area contributed by atoms with Crippen molar-refractivity contribution in [2.75, 3.05) is 48.5 Å². The van der Waals surface area contributed by atoms with Crippen LogP contribution in [0.25, 0.3) is 0 Å². The summed E-state index contributed by atoms with van der Waals surface area (Å²) in [6.45, 7) is 1.94. The zero-order valence-electron chi connectivity index (χ0n) is 9.35. The first-order valence-electron chi connectivity index (χ1n) is 5.08. The molecule has 16 heavy (non-hydrogen) atoms. The average Bonchev–Trinajstić information content (AvgIpc) is 2.29. The summed E-state index contributed by atoms with van der Waals surface area (Å²) in [5, 5.41) is 0.256. The van der Waals surface area contributed by atoms with Crippen molar-refractivity contribution < 1.29 is 0 Å². The van der Waals surface area contributed by atoms with Gasteiger partial charge in [-0.25, -0.2) is 0 Å². The Bertz CT molecular complexity index is 367. The van der Waals surface area contributed by atoms with Crippen LogP contribution in [0.1, 0.15) is 0 Å². The first-order valence-corrected chi connectivity index (χ1v) is 6.61. The minimum absolute atomic E-state index is 0.256. The van der Waals surface area contributed by atoms with Crippen molar-refractivity contribution >= 4 is 35.3 Å². The second-order valence-electron chi connectivity index (χ2n) is 3.70. The van der Waals surface area contributed by atoms with Crippen LogP contribution in [-0.4, -0.2) is 53.6 Å². The molecule has 2 rings (SSSR count). The summed E-state index contributed by atoms with van der Waals surface area (Å²) in [6, 6.07) is 0. The molecule has 0 spiro atoms. The molecule has 1 saturated heterocycles. The van der Waals surface area contributed by atoms with Gasteiger partial charge in [0.25, 0.3) is 0 Å². The first-order chi connectivity index (χ1) is 7.66. The third-order valence-corrected chi connectivity index (χ3v) is 3.39. The van der Waals surface area contributed by atoms with Crippen molar-refractivity contribution in [3.8, 4) is 0 Å². The summed E-state index contributed by atoms with van der Waals surface area (Å²) >= 11 is 7.84. The second-order valence-corrected chi connectivity index (χ2v) is 5.26. The van der Waals surface area contributed by atoms with Crippen LogP contribution < -0.4 is 9.80 Å². The van der Waals surface area contributed by atoms with Gasteiger partial charge >= 0.3 is 0 Å². The Morgan fingerprint density at radius 3 is 2.50 bits per heavy atom. The molecule has 0 unspecified atom stereocenters. The summed E-state index contributed by atoms with van der Waals surface area (Å²) < 4.78 is 0. The van der Waals surface area contributed by atoms with Crippen LogP contribution in [0, 0.1) is 0 Å². The number of thioether (sulfide) groups is 1. The molecule has 0 radical (unpaired) electrons. The lowest BCUT2D eigenvalue weighted by Crippen LogP contribution is -2.34. The quantitative estimate of drug-likeness (QED) is 0.794. The number of hydrogen-bond acceptors (Lipinski definition) is 6. The van der Waals surface area contributed by atoms with Crippen LogP contribution >= 0.6 is 23.4 Å². The maximum atomic E-state index is 5.89. The van der Waals surface area contributed by atoms with Crippen molar-refractivity contribution in [2.45, 2.75) is 0 Å². The molecule has 2 heterocycles. The fourth-order valence-electron chi connectivity index (χ4n) is 1.43. The number of halogens is 1. The van der Waals surface area contributed by atoms with E-state index in [1.165, 1.54) is 0 Å². The lowest BCUT2D eigenvalue weighted by Gasteiger charge is -2.26. The summed E-state index contributed by atoms with van der Waals surface area (Å²) in [5.74, 6) is 3.51. The molecule has 0 atom stereocenters. The average molecular weight is 260 g/mol. The van der Waals surface area contributed by atoms with Gasteiger partial charge in [-0.05, 0) is 11.6 Å². The molecule has 1 aromatic rings. The molecule has 0 bridgehead atoms. The van der Waals surface area contributed by atoms with Crippen molar-refractivity contribution in [2.24, 2.45) is 0 Å². The summed E-state index contributed by atoms with van der Waals surface area (Å²) in [6.07, 6.45) is 0. The Morgan fingerprint density at radius 1 is 1.19 bits per heavy atom. The molecular weight excluding hydrogens is 246 g/mol. The van der Waals surface area contributed by atoms with E-state index in [1.54, 1.807) is 0 Å². The first kappa shape index (κ1) is 11.7. The lowest BCUT2D eigenvalue weighted by atomic mass is 10.5. The standard InChI is InChI=1S/C9H14ClN5S/c1-14(2)8-11-7(10)12-9(13-8)15-3-5-16-6-4-15/h3-6H2,1-2H3. The molecule has 1 aliphatic heterocycles. The lowest BCUT2D eigenvalue weighted by molar-refractivity contribution is 0.801. The number of anilines is 2. The largest absolute Gasteiger partial charge is 0.347 e. The monoisotopic (exact) mass is 259 g/mol. The maximum absolute atomic E-state index is 5.89. The highest BCUT2D eigenvalue weighted by molar-refractivity contribution is 7.99. The van der Waals surface area contributed by atoms with Gasteiger partial charge in [-0.2, -0.15) is 26.7 Å². The van der Waals surface area contributed by atoms with Crippen LogP contribution in [-0.2, 0) is 0 Å². The van der Waals surface area contributed by atoms with E-state index in [-0.39, 0.29) is 5.28 Å². The highest BCUT2D eigenvalue weighted by Gasteiger charge is 2.16. The van der Waals surface area contributed by atoms with Crippen LogP contribution in [0.5, 0.6) is 0 Å². The van der Waals surface area contributed by atoms with E-state index < -0.39 is 0 Å². The SMILES string of the molecule is CN(C)c1nc(Cl)nc(N2CCSCC2)n1. The number of rotatable bonds is 2. The van der Waals surface area contributed by atoms with Gasteiger partial charge in [-0.15, -0.1) is 0 Å². The van der Waals surface area contributed by atoms with Gasteiger partial charge < -0.3 is 9.80 Å². The molecule has 7 heteroatoms. The van der Waals surface area contributed by atoms with Gasteiger partial charge in [0.1, 0.15) is 0 Å². The predicted molar refractivity (Wildman–Crippen MR) is 68.7 cm³/mol. The van der Waals surface area contributed by atoms with E-state index in [0.717, 1.165) is 24.6 Å². The zero-order valence-corrected chi connectivity index (χ0v) is 10.9. The Kier molecular flexibility index (Phi) is 3.70. The minimum atomic E-state index is 0.256. The van der Waals surface area contributed by atoms with Gasteiger partial charge in [0.05, 0.1) is 0 Å². The third kappa shape index (κ3) is 2.68. The molecular formula is C9H14ClN5S. The fraction of sp³-hybridized carbons (Fsp3) is 0.667. The van der Waals surface area contributed by atoms with Gasteiger partial charge in [0.2, 0.25) is 17.2 Å². The van der Waals surface area contributed by atoms with E-state index in [4.69, 9.17) is 11.6 Å². The van der Waals surface area contributed by atoms with Crippen molar-refractivity contribution in [3.63, 3.8) is 0 Å². The fourth-order valence-corrected chi connectivity index (χ4v) is 2.49. The molecule has 1 aliphatic rings. The summed E-state index contributed by atoms with van der Waals surface area (Å²) in [7, 11) is 3.78. The maximum Gasteiger partial charge on any atom is 0.231 e. The smallest absolute Gasteiger partial charge is 0.231 e. The normalized spacial score (nSPS) is 16.3. The topological polar surface area (TPSA) is 45.2 Å². The van der Waals surface area contributed by atoms with Crippen molar-refractivity contribution in [3.05, 3.63) is 5.28 Å². The summed E-state index contributed by atoms with van der Waals surface area (Å²) in [4.78, 5) is 16.6. The molecule has 1 aromatic heterocycles. The van der Waals surface area contributed by atoms with E-state index in [0.29, 0.717) is 11.9 Å². The molecule has 5 nitrogen and oxygen atoms in total. The van der Waals surface area contributed by atoms with E-state index in [1.807, 2.05) is 30.8 Å². The highest BCUT2D eigenvalue weighted by atomic mass is 35.5. The van der Waals surface area contributed by atoms with Gasteiger partial charge in [-0.3, -0.25) is 0 Å². The third-order valence-electron chi connectivity index (χ3n) is 2.28. The zero-order chi connectivity index (χ0) is 11.5. The Hall–Kier alpha value is -0.750. The molecule has 0 amide bonds.